The fraction of sp³-hybridized carbons (Fsp3) is 0.350. The van der Waals surface area contributed by atoms with Gasteiger partial charge in [-0.15, -0.1) is 0 Å². The molecule has 30 heavy (non-hydrogen) atoms. The van der Waals surface area contributed by atoms with Gasteiger partial charge in [0.25, 0.3) is 0 Å². The van der Waals surface area contributed by atoms with E-state index < -0.39 is 21.9 Å². The Kier molecular flexibility index (Phi) is 7.13. The van der Waals surface area contributed by atoms with Crippen molar-refractivity contribution < 1.29 is 27.4 Å². The van der Waals surface area contributed by atoms with Crippen LogP contribution in [0.2, 0.25) is 10.0 Å². The summed E-state index contributed by atoms with van der Waals surface area (Å²) in [5.41, 5.74) is 0. The number of piperidine rings is 1. The predicted molar refractivity (Wildman–Crippen MR) is 113 cm³/mol. The second-order valence-electron chi connectivity index (χ2n) is 6.67. The van der Waals surface area contributed by atoms with Crippen molar-refractivity contribution in [3.05, 3.63) is 46.4 Å². The molecule has 2 aromatic carbocycles. The first-order valence-electron chi connectivity index (χ1n) is 9.15. The Morgan fingerprint density at radius 1 is 1.00 bits per heavy atom. The summed E-state index contributed by atoms with van der Waals surface area (Å²) >= 11 is 12.0. The molecule has 1 heterocycles. The van der Waals surface area contributed by atoms with Crippen molar-refractivity contribution in [3.63, 3.8) is 0 Å². The van der Waals surface area contributed by atoms with Gasteiger partial charge in [0.1, 0.15) is 5.02 Å². The van der Waals surface area contributed by atoms with Crippen LogP contribution < -0.4 is 14.2 Å². The predicted octanol–water partition coefficient (Wildman–Crippen LogP) is 4.02. The molecule has 0 N–H and O–H groups in total. The average molecular weight is 474 g/mol. The highest BCUT2D eigenvalue weighted by molar-refractivity contribution is 7.89. The number of carbonyl (C=O) groups excluding carboxylic acids is 1. The van der Waals surface area contributed by atoms with Crippen LogP contribution in [0.1, 0.15) is 12.8 Å². The van der Waals surface area contributed by atoms with E-state index in [0.29, 0.717) is 24.3 Å². The number of esters is 1. The molecule has 1 saturated heterocycles. The van der Waals surface area contributed by atoms with E-state index >= 15 is 0 Å². The van der Waals surface area contributed by atoms with Crippen LogP contribution in [0.3, 0.4) is 0 Å². The molecule has 1 aliphatic rings. The summed E-state index contributed by atoms with van der Waals surface area (Å²) in [5, 5.41) is 0.457. The maximum Gasteiger partial charge on any atom is 0.314 e. The van der Waals surface area contributed by atoms with Gasteiger partial charge in [-0.2, -0.15) is 4.31 Å². The van der Waals surface area contributed by atoms with Crippen LogP contribution in [-0.4, -0.2) is 46.0 Å². The minimum atomic E-state index is -3.73. The number of hydrogen-bond acceptors (Lipinski definition) is 6. The summed E-state index contributed by atoms with van der Waals surface area (Å²) in [6.07, 6.45) is 0.674. The molecule has 0 amide bonds. The molecule has 0 aromatic heterocycles. The molecule has 3 rings (SSSR count). The van der Waals surface area contributed by atoms with Gasteiger partial charge in [0, 0.05) is 19.2 Å². The molecular formula is C20H21Cl2NO6S. The Morgan fingerprint density at radius 2 is 1.67 bits per heavy atom. The molecule has 0 aliphatic carbocycles. The van der Waals surface area contributed by atoms with E-state index in [9.17, 15) is 13.2 Å². The second-order valence-corrected chi connectivity index (χ2v) is 9.39. The number of benzene rings is 2. The van der Waals surface area contributed by atoms with E-state index in [0.717, 1.165) is 0 Å². The Balaban J connectivity index is 1.67. The molecular weight excluding hydrogens is 453 g/mol. The quantitative estimate of drug-likeness (QED) is 0.465. The van der Waals surface area contributed by atoms with Crippen molar-refractivity contribution in [2.45, 2.75) is 17.7 Å². The molecule has 0 atom stereocenters. The van der Waals surface area contributed by atoms with Crippen LogP contribution in [0.4, 0.5) is 0 Å². The zero-order chi connectivity index (χ0) is 21.9. The number of methoxy groups -OCH3 is 2. The van der Waals surface area contributed by atoms with Gasteiger partial charge in [-0.1, -0.05) is 29.3 Å². The summed E-state index contributed by atoms with van der Waals surface area (Å²) in [6, 6.07) is 9.23. The monoisotopic (exact) mass is 473 g/mol. The first-order valence-corrected chi connectivity index (χ1v) is 11.4. The number of rotatable bonds is 6. The van der Waals surface area contributed by atoms with E-state index in [4.69, 9.17) is 37.4 Å². The lowest BCUT2D eigenvalue weighted by Crippen LogP contribution is -2.41. The van der Waals surface area contributed by atoms with E-state index in [2.05, 4.69) is 0 Å². The molecule has 0 unspecified atom stereocenters. The largest absolute Gasteiger partial charge is 0.493 e. The van der Waals surface area contributed by atoms with E-state index in [1.165, 1.54) is 30.7 Å². The van der Waals surface area contributed by atoms with Crippen molar-refractivity contribution in [1.82, 2.24) is 4.31 Å². The van der Waals surface area contributed by atoms with Crippen molar-refractivity contribution >= 4 is 39.2 Å². The molecule has 1 aliphatic heterocycles. The van der Waals surface area contributed by atoms with Crippen molar-refractivity contribution in [2.75, 3.05) is 27.3 Å². The number of nitrogens with zero attached hydrogens (tertiary/aromatic N) is 1. The summed E-state index contributed by atoms with van der Waals surface area (Å²) in [6.45, 7) is 0.388. The zero-order valence-corrected chi connectivity index (χ0v) is 18.8. The molecule has 7 nitrogen and oxygen atoms in total. The van der Waals surface area contributed by atoms with Gasteiger partial charge in [-0.3, -0.25) is 4.79 Å². The fourth-order valence-corrected chi connectivity index (χ4v) is 5.03. The van der Waals surface area contributed by atoms with Gasteiger partial charge in [-0.05, 0) is 37.1 Å². The number of hydrogen-bond donors (Lipinski definition) is 0. The SMILES string of the molecule is COc1ccc(S(=O)(=O)N2CCC(C(=O)Oc3cccc(Cl)c3Cl)CC2)cc1OC. The van der Waals surface area contributed by atoms with Gasteiger partial charge < -0.3 is 14.2 Å². The Labute approximate surface area is 185 Å². The lowest BCUT2D eigenvalue weighted by molar-refractivity contribution is -0.140. The fourth-order valence-electron chi connectivity index (χ4n) is 3.21. The highest BCUT2D eigenvalue weighted by atomic mass is 35.5. The van der Waals surface area contributed by atoms with E-state index in [1.54, 1.807) is 24.3 Å². The first kappa shape index (κ1) is 22.7. The Bertz CT molecular complexity index is 1040. The van der Waals surface area contributed by atoms with Crippen LogP contribution >= 0.6 is 23.2 Å². The second kappa shape index (κ2) is 9.43. The van der Waals surface area contributed by atoms with Crippen LogP contribution in [0.5, 0.6) is 17.2 Å². The number of ether oxygens (including phenoxy) is 3. The minimum absolute atomic E-state index is 0.104. The number of sulfonamides is 1. The molecule has 10 heteroatoms. The third-order valence-electron chi connectivity index (χ3n) is 4.91. The summed E-state index contributed by atoms with van der Waals surface area (Å²) in [7, 11) is -0.812. The molecule has 0 radical (unpaired) electrons. The van der Waals surface area contributed by atoms with Crippen LogP contribution in [-0.2, 0) is 14.8 Å². The van der Waals surface area contributed by atoms with Crippen molar-refractivity contribution in [1.29, 1.82) is 0 Å². The van der Waals surface area contributed by atoms with Crippen molar-refractivity contribution in [3.8, 4) is 17.2 Å². The maximum atomic E-state index is 13.0. The van der Waals surface area contributed by atoms with Gasteiger partial charge >= 0.3 is 5.97 Å². The first-order chi connectivity index (χ1) is 14.3. The Morgan fingerprint density at radius 3 is 2.30 bits per heavy atom. The molecule has 0 saturated carbocycles. The molecule has 2 aromatic rings. The molecule has 0 bridgehead atoms. The van der Waals surface area contributed by atoms with Crippen LogP contribution in [0, 0.1) is 5.92 Å². The minimum Gasteiger partial charge on any atom is -0.493 e. The highest BCUT2D eigenvalue weighted by Gasteiger charge is 2.33. The van der Waals surface area contributed by atoms with E-state index in [-0.39, 0.29) is 33.8 Å². The van der Waals surface area contributed by atoms with E-state index in [1.807, 2.05) is 0 Å². The van der Waals surface area contributed by atoms with Gasteiger partial charge in [-0.25, -0.2) is 8.42 Å². The summed E-state index contributed by atoms with van der Waals surface area (Å²) < 4.78 is 43.0. The average Bonchev–Trinajstić information content (AvgIpc) is 2.76. The highest BCUT2D eigenvalue weighted by Crippen LogP contribution is 2.34. The lowest BCUT2D eigenvalue weighted by Gasteiger charge is -2.30. The zero-order valence-electron chi connectivity index (χ0n) is 16.4. The maximum absolute atomic E-state index is 13.0. The molecule has 0 spiro atoms. The summed E-state index contributed by atoms with van der Waals surface area (Å²) in [4.78, 5) is 12.6. The summed E-state index contributed by atoms with van der Waals surface area (Å²) in [5.74, 6) is 0.0711. The Hall–Kier alpha value is -2.00. The van der Waals surface area contributed by atoms with Crippen LogP contribution in [0.15, 0.2) is 41.3 Å². The lowest BCUT2D eigenvalue weighted by atomic mass is 9.98. The van der Waals surface area contributed by atoms with Gasteiger partial charge in [0.15, 0.2) is 17.2 Å². The number of carbonyl (C=O) groups is 1. The standard InChI is InChI=1S/C20H21Cl2NO6S/c1-27-16-7-6-14(12-18(16)28-2)30(25,26)23-10-8-13(9-11-23)20(24)29-17-5-3-4-15(21)19(17)22/h3-7,12-13H,8-11H2,1-2H3. The third-order valence-corrected chi connectivity index (χ3v) is 7.60. The smallest absolute Gasteiger partial charge is 0.314 e. The molecule has 1 fully saturated rings. The van der Waals surface area contributed by atoms with Crippen molar-refractivity contribution in [2.24, 2.45) is 5.92 Å². The topological polar surface area (TPSA) is 82.1 Å². The van der Waals surface area contributed by atoms with Gasteiger partial charge in [0.2, 0.25) is 10.0 Å². The third kappa shape index (κ3) is 4.67. The van der Waals surface area contributed by atoms with Crippen LogP contribution in [0.25, 0.3) is 0 Å². The molecule has 162 valence electrons. The van der Waals surface area contributed by atoms with Gasteiger partial charge in [0.05, 0.1) is 30.1 Å². The number of halogens is 2. The normalized spacial score (nSPS) is 15.6.